The quantitative estimate of drug-likeness (QED) is 0.778. The van der Waals surface area contributed by atoms with Gasteiger partial charge < -0.3 is 5.11 Å². The first-order valence-corrected chi connectivity index (χ1v) is 6.10. The minimum atomic E-state index is -1.05. The second-order valence-corrected chi connectivity index (χ2v) is 4.66. The Kier molecular flexibility index (Phi) is 2.74. The van der Waals surface area contributed by atoms with E-state index in [1.54, 1.807) is 18.3 Å². The number of amides is 2. The Hall–Kier alpha value is -2.70. The fourth-order valence-corrected chi connectivity index (χ4v) is 2.38. The molecule has 3 heterocycles. The summed E-state index contributed by atoms with van der Waals surface area (Å²) < 4.78 is 1.43. The van der Waals surface area contributed by atoms with Crippen LogP contribution in [0.5, 0.6) is 0 Å². The maximum atomic E-state index is 11.8. The molecule has 2 aromatic heterocycles. The van der Waals surface area contributed by atoms with E-state index in [1.807, 2.05) is 0 Å². The number of rotatable bonds is 2. The Bertz CT molecular complexity index is 734. The van der Waals surface area contributed by atoms with E-state index in [1.165, 1.54) is 10.7 Å². The highest BCUT2D eigenvalue weighted by Crippen LogP contribution is 2.25. The summed E-state index contributed by atoms with van der Waals surface area (Å²) in [5.74, 6) is -2.05. The van der Waals surface area contributed by atoms with Crippen LogP contribution in [0.15, 0.2) is 24.5 Å². The average Bonchev–Trinajstić information content (AvgIpc) is 2.81. The van der Waals surface area contributed by atoms with Gasteiger partial charge >= 0.3 is 5.97 Å². The topological polar surface area (TPSA) is 101 Å². The van der Waals surface area contributed by atoms with Crippen LogP contribution < -0.4 is 5.32 Å². The minimum absolute atomic E-state index is 0.111. The van der Waals surface area contributed by atoms with Crippen molar-refractivity contribution in [1.82, 2.24) is 14.9 Å². The molecule has 7 heteroatoms. The Morgan fingerprint density at radius 2 is 2.20 bits per heavy atom. The van der Waals surface area contributed by atoms with Crippen LogP contribution >= 0.6 is 0 Å². The molecule has 1 aliphatic heterocycles. The lowest BCUT2D eigenvalue weighted by atomic mass is 9.91. The van der Waals surface area contributed by atoms with E-state index >= 15 is 0 Å². The molecule has 1 atom stereocenters. The lowest BCUT2D eigenvalue weighted by Crippen LogP contribution is -2.39. The summed E-state index contributed by atoms with van der Waals surface area (Å²) in [6.07, 6.45) is 3.64. The second kappa shape index (κ2) is 4.44. The number of fused-ring (bicyclic) bond motifs is 1. The minimum Gasteiger partial charge on any atom is -0.478 e. The lowest BCUT2D eigenvalue weighted by Gasteiger charge is -2.20. The molecule has 2 aromatic rings. The summed E-state index contributed by atoms with van der Waals surface area (Å²) in [6.45, 7) is 0. The van der Waals surface area contributed by atoms with Crippen molar-refractivity contribution < 1.29 is 19.5 Å². The molecule has 0 spiro atoms. The fourth-order valence-electron chi connectivity index (χ4n) is 2.38. The van der Waals surface area contributed by atoms with Crippen LogP contribution in [0.3, 0.4) is 0 Å². The number of hydrogen-bond acceptors (Lipinski definition) is 4. The van der Waals surface area contributed by atoms with E-state index in [-0.39, 0.29) is 17.4 Å². The predicted octanol–water partition coefficient (Wildman–Crippen LogP) is 0.553. The standard InChI is InChI=1S/C13H11N3O4/c17-11-4-2-8(12(18)15-11)7-1-3-10-9(13(19)20)5-14-16(10)6-7/h1,3,5-6,8H,2,4H2,(H,19,20)(H,15,17,18). The Labute approximate surface area is 113 Å². The molecule has 102 valence electrons. The molecule has 7 nitrogen and oxygen atoms in total. The maximum Gasteiger partial charge on any atom is 0.339 e. The van der Waals surface area contributed by atoms with Crippen LogP contribution in [0.1, 0.15) is 34.7 Å². The van der Waals surface area contributed by atoms with Crippen LogP contribution in [0.2, 0.25) is 0 Å². The van der Waals surface area contributed by atoms with Crippen LogP contribution in [0, 0.1) is 0 Å². The summed E-state index contributed by atoms with van der Waals surface area (Å²) in [5.41, 5.74) is 1.29. The summed E-state index contributed by atoms with van der Waals surface area (Å²) in [4.78, 5) is 33.9. The number of carboxylic acids is 1. The predicted molar refractivity (Wildman–Crippen MR) is 67.3 cm³/mol. The molecule has 0 bridgehead atoms. The second-order valence-electron chi connectivity index (χ2n) is 4.66. The number of pyridine rings is 1. The molecule has 1 saturated heterocycles. The van der Waals surface area contributed by atoms with Gasteiger partial charge in [-0.15, -0.1) is 0 Å². The molecule has 0 aliphatic carbocycles. The van der Waals surface area contributed by atoms with Crippen LogP contribution in [-0.4, -0.2) is 32.5 Å². The molecule has 1 aliphatic rings. The molecule has 20 heavy (non-hydrogen) atoms. The zero-order valence-electron chi connectivity index (χ0n) is 10.4. The van der Waals surface area contributed by atoms with Gasteiger partial charge in [-0.1, -0.05) is 6.07 Å². The fraction of sp³-hybridized carbons (Fsp3) is 0.231. The number of imide groups is 1. The largest absolute Gasteiger partial charge is 0.478 e. The van der Waals surface area contributed by atoms with Gasteiger partial charge in [0.1, 0.15) is 5.56 Å². The van der Waals surface area contributed by atoms with Gasteiger partial charge in [0, 0.05) is 12.6 Å². The highest BCUT2D eigenvalue weighted by molar-refractivity contribution is 6.01. The first kappa shape index (κ1) is 12.3. The number of hydrogen-bond donors (Lipinski definition) is 2. The highest BCUT2D eigenvalue weighted by Gasteiger charge is 2.28. The third kappa shape index (κ3) is 1.93. The van der Waals surface area contributed by atoms with E-state index in [9.17, 15) is 14.4 Å². The Morgan fingerprint density at radius 1 is 1.40 bits per heavy atom. The lowest BCUT2D eigenvalue weighted by molar-refractivity contribution is -0.134. The van der Waals surface area contributed by atoms with Crippen molar-refractivity contribution in [3.05, 3.63) is 35.7 Å². The number of nitrogens with zero attached hydrogens (tertiary/aromatic N) is 2. The van der Waals surface area contributed by atoms with Crippen LogP contribution in [-0.2, 0) is 9.59 Å². The first-order chi connectivity index (χ1) is 9.56. The monoisotopic (exact) mass is 273 g/mol. The smallest absolute Gasteiger partial charge is 0.339 e. The highest BCUT2D eigenvalue weighted by atomic mass is 16.4. The summed E-state index contributed by atoms with van der Waals surface area (Å²) >= 11 is 0. The molecule has 1 unspecified atom stereocenters. The van der Waals surface area contributed by atoms with E-state index in [2.05, 4.69) is 10.4 Å². The molecule has 0 aromatic carbocycles. The molecule has 0 saturated carbocycles. The van der Waals surface area contributed by atoms with Gasteiger partial charge in [0.05, 0.1) is 17.6 Å². The van der Waals surface area contributed by atoms with E-state index in [4.69, 9.17) is 5.11 Å². The third-order valence-corrected chi connectivity index (χ3v) is 3.41. The third-order valence-electron chi connectivity index (χ3n) is 3.41. The zero-order chi connectivity index (χ0) is 14.3. The van der Waals surface area contributed by atoms with Gasteiger partial charge in [-0.05, 0) is 18.1 Å². The van der Waals surface area contributed by atoms with Gasteiger partial charge in [0.15, 0.2) is 0 Å². The van der Waals surface area contributed by atoms with Crippen LogP contribution in [0.4, 0.5) is 0 Å². The first-order valence-electron chi connectivity index (χ1n) is 6.10. The van der Waals surface area contributed by atoms with Gasteiger partial charge in [0.2, 0.25) is 11.8 Å². The molecular weight excluding hydrogens is 262 g/mol. The molecule has 2 N–H and O–H groups in total. The van der Waals surface area contributed by atoms with Gasteiger partial charge in [0.25, 0.3) is 0 Å². The van der Waals surface area contributed by atoms with Crippen molar-refractivity contribution >= 4 is 23.3 Å². The number of aromatic carboxylic acids is 1. The molecule has 0 radical (unpaired) electrons. The van der Waals surface area contributed by atoms with Gasteiger partial charge in [-0.25, -0.2) is 9.31 Å². The number of piperidine rings is 1. The number of nitrogens with one attached hydrogen (secondary N) is 1. The van der Waals surface area contributed by atoms with Crippen molar-refractivity contribution in [3.63, 3.8) is 0 Å². The summed E-state index contributed by atoms with van der Waals surface area (Å²) in [7, 11) is 0. The van der Waals surface area contributed by atoms with Crippen LogP contribution in [0.25, 0.3) is 5.52 Å². The number of carboxylic acid groups (broad SMARTS) is 1. The summed E-state index contributed by atoms with van der Waals surface area (Å²) in [5, 5.41) is 15.3. The summed E-state index contributed by atoms with van der Waals surface area (Å²) in [6, 6.07) is 3.32. The van der Waals surface area contributed by atoms with Crippen molar-refractivity contribution in [3.8, 4) is 0 Å². The normalized spacial score (nSPS) is 19.1. The SMILES string of the molecule is O=C1CCC(c2ccc3c(C(=O)O)cnn3c2)C(=O)N1. The zero-order valence-corrected chi connectivity index (χ0v) is 10.4. The van der Waals surface area contributed by atoms with E-state index in [0.717, 1.165) is 0 Å². The Morgan fingerprint density at radius 3 is 2.90 bits per heavy atom. The molecule has 3 rings (SSSR count). The van der Waals surface area contributed by atoms with Gasteiger partial charge in [-0.2, -0.15) is 5.10 Å². The van der Waals surface area contributed by atoms with E-state index < -0.39 is 11.9 Å². The average molecular weight is 273 g/mol. The molecular formula is C13H11N3O4. The maximum absolute atomic E-state index is 11.8. The van der Waals surface area contributed by atoms with Crippen molar-refractivity contribution in [2.75, 3.05) is 0 Å². The van der Waals surface area contributed by atoms with Crippen molar-refractivity contribution in [2.45, 2.75) is 18.8 Å². The van der Waals surface area contributed by atoms with Crippen molar-refractivity contribution in [1.29, 1.82) is 0 Å². The number of aromatic nitrogens is 2. The van der Waals surface area contributed by atoms with Gasteiger partial charge in [-0.3, -0.25) is 14.9 Å². The number of carbonyl (C=O) groups is 3. The molecule has 1 fully saturated rings. The Balaban J connectivity index is 1.99. The number of carbonyl (C=O) groups excluding carboxylic acids is 2. The van der Waals surface area contributed by atoms with E-state index in [0.29, 0.717) is 23.9 Å². The molecule has 2 amide bonds. The van der Waals surface area contributed by atoms with Crippen molar-refractivity contribution in [2.24, 2.45) is 0 Å².